The van der Waals surface area contributed by atoms with Crippen LogP contribution in [0.5, 0.6) is 0 Å². The summed E-state index contributed by atoms with van der Waals surface area (Å²) < 4.78 is 5.74. The second-order valence-corrected chi connectivity index (χ2v) is 4.47. The fourth-order valence-electron chi connectivity index (χ4n) is 1.29. The molecule has 1 nitrogen and oxygen atoms in total. The Hall–Kier alpha value is 0.440. The number of hydrogen-bond acceptors (Lipinski definition) is 1. The van der Waals surface area contributed by atoms with E-state index in [1.54, 1.807) is 0 Å². The van der Waals surface area contributed by atoms with E-state index in [0.717, 1.165) is 30.7 Å². The molecule has 1 atom stereocenters. The molecule has 0 N–H and O–H groups in total. The van der Waals surface area contributed by atoms with Crippen molar-refractivity contribution in [2.24, 2.45) is 5.92 Å². The van der Waals surface area contributed by atoms with E-state index in [-0.39, 0.29) is 0 Å². The Morgan fingerprint density at radius 1 is 1.15 bits per heavy atom. The quantitative estimate of drug-likeness (QED) is 0.592. The second-order valence-electron chi connectivity index (χ2n) is 3.68. The Balaban J connectivity index is 3.32. The van der Waals surface area contributed by atoms with Crippen molar-refractivity contribution in [1.82, 2.24) is 0 Å². The largest absolute Gasteiger partial charge is 0.378 e. The SMILES string of the molecule is CCC(CC)OCCC(C)CCBr. The van der Waals surface area contributed by atoms with E-state index >= 15 is 0 Å². The molecule has 0 aromatic carbocycles. The number of halogens is 1. The van der Waals surface area contributed by atoms with Gasteiger partial charge in [-0.15, -0.1) is 0 Å². The third-order valence-corrected chi connectivity index (χ3v) is 2.93. The highest BCUT2D eigenvalue weighted by molar-refractivity contribution is 9.09. The molecule has 0 heterocycles. The van der Waals surface area contributed by atoms with Gasteiger partial charge >= 0.3 is 0 Å². The topological polar surface area (TPSA) is 9.23 Å². The normalized spacial score (nSPS) is 13.6. The molecule has 0 aromatic rings. The average molecular weight is 251 g/mol. The summed E-state index contributed by atoms with van der Waals surface area (Å²) in [6.45, 7) is 7.60. The maximum Gasteiger partial charge on any atom is 0.0569 e. The third kappa shape index (κ3) is 7.51. The van der Waals surface area contributed by atoms with Crippen LogP contribution >= 0.6 is 15.9 Å². The fourth-order valence-corrected chi connectivity index (χ4v) is 2.07. The molecule has 0 rings (SSSR count). The lowest BCUT2D eigenvalue weighted by atomic mass is 10.1. The van der Waals surface area contributed by atoms with Crippen molar-refractivity contribution in [3.05, 3.63) is 0 Å². The number of ether oxygens (including phenoxy) is 1. The van der Waals surface area contributed by atoms with Crippen LogP contribution in [-0.4, -0.2) is 18.0 Å². The molecule has 0 aliphatic carbocycles. The van der Waals surface area contributed by atoms with Gasteiger partial charge in [-0.2, -0.15) is 0 Å². The van der Waals surface area contributed by atoms with E-state index in [4.69, 9.17) is 4.74 Å². The highest BCUT2D eigenvalue weighted by atomic mass is 79.9. The van der Waals surface area contributed by atoms with Crippen molar-refractivity contribution in [3.8, 4) is 0 Å². The van der Waals surface area contributed by atoms with E-state index < -0.39 is 0 Å². The summed E-state index contributed by atoms with van der Waals surface area (Å²) in [6.07, 6.45) is 5.22. The predicted molar refractivity (Wildman–Crippen MR) is 62.5 cm³/mol. The van der Waals surface area contributed by atoms with E-state index in [9.17, 15) is 0 Å². The van der Waals surface area contributed by atoms with Gasteiger partial charge in [0.15, 0.2) is 0 Å². The molecule has 2 heteroatoms. The second kappa shape index (κ2) is 9.01. The third-order valence-electron chi connectivity index (χ3n) is 2.48. The zero-order valence-electron chi connectivity index (χ0n) is 9.18. The van der Waals surface area contributed by atoms with Crippen molar-refractivity contribution in [2.45, 2.75) is 52.6 Å². The summed E-state index contributed by atoms with van der Waals surface area (Å²) in [7, 11) is 0. The predicted octanol–water partition coefficient (Wildman–Crippen LogP) is 4.00. The van der Waals surface area contributed by atoms with Crippen LogP contribution in [0.2, 0.25) is 0 Å². The summed E-state index contributed by atoms with van der Waals surface area (Å²) in [6, 6.07) is 0. The van der Waals surface area contributed by atoms with Gasteiger partial charge < -0.3 is 4.74 Å². The molecule has 0 saturated heterocycles. The summed E-state index contributed by atoms with van der Waals surface area (Å²) in [5.41, 5.74) is 0. The van der Waals surface area contributed by atoms with Crippen LogP contribution in [-0.2, 0) is 4.74 Å². The molecule has 0 saturated carbocycles. The zero-order valence-corrected chi connectivity index (χ0v) is 10.8. The molecule has 0 amide bonds. The lowest BCUT2D eigenvalue weighted by molar-refractivity contribution is 0.0407. The van der Waals surface area contributed by atoms with E-state index in [1.165, 1.54) is 12.8 Å². The number of hydrogen-bond donors (Lipinski definition) is 0. The molecule has 80 valence electrons. The Morgan fingerprint density at radius 2 is 1.77 bits per heavy atom. The Morgan fingerprint density at radius 3 is 2.23 bits per heavy atom. The van der Waals surface area contributed by atoms with Gasteiger partial charge in [0.25, 0.3) is 0 Å². The monoisotopic (exact) mass is 250 g/mol. The minimum Gasteiger partial charge on any atom is -0.378 e. The standard InChI is InChI=1S/C11H23BrO/c1-4-11(5-2)13-9-7-10(3)6-8-12/h10-11H,4-9H2,1-3H3. The maximum absolute atomic E-state index is 5.74. The van der Waals surface area contributed by atoms with E-state index in [1.807, 2.05) is 0 Å². The van der Waals surface area contributed by atoms with Crippen LogP contribution < -0.4 is 0 Å². The molecular weight excluding hydrogens is 228 g/mol. The molecule has 0 fully saturated rings. The van der Waals surface area contributed by atoms with Crippen LogP contribution in [0.3, 0.4) is 0 Å². The molecule has 1 unspecified atom stereocenters. The van der Waals surface area contributed by atoms with Gasteiger partial charge in [-0.05, 0) is 31.6 Å². The molecule has 0 aromatic heterocycles. The zero-order chi connectivity index (χ0) is 10.1. The maximum atomic E-state index is 5.74. The molecule has 0 bridgehead atoms. The summed E-state index contributed by atoms with van der Waals surface area (Å²) >= 11 is 3.46. The van der Waals surface area contributed by atoms with Crippen molar-refractivity contribution in [3.63, 3.8) is 0 Å². The first-order valence-corrected chi connectivity index (χ1v) is 6.54. The molecular formula is C11H23BrO. The summed E-state index contributed by atoms with van der Waals surface area (Å²) in [5.74, 6) is 0.786. The van der Waals surface area contributed by atoms with Gasteiger partial charge in [0, 0.05) is 11.9 Å². The van der Waals surface area contributed by atoms with E-state index in [2.05, 4.69) is 36.7 Å². The van der Waals surface area contributed by atoms with Crippen molar-refractivity contribution in [2.75, 3.05) is 11.9 Å². The Bertz CT molecular complexity index is 102. The van der Waals surface area contributed by atoms with Gasteiger partial charge in [-0.1, -0.05) is 36.7 Å². The van der Waals surface area contributed by atoms with Crippen molar-refractivity contribution >= 4 is 15.9 Å². The lowest BCUT2D eigenvalue weighted by Gasteiger charge is -2.15. The van der Waals surface area contributed by atoms with Gasteiger partial charge in [0.1, 0.15) is 0 Å². The first kappa shape index (κ1) is 13.4. The molecule has 13 heavy (non-hydrogen) atoms. The van der Waals surface area contributed by atoms with Crippen molar-refractivity contribution in [1.29, 1.82) is 0 Å². The van der Waals surface area contributed by atoms with Crippen LogP contribution in [0.25, 0.3) is 0 Å². The van der Waals surface area contributed by atoms with Gasteiger partial charge in [-0.25, -0.2) is 0 Å². The van der Waals surface area contributed by atoms with Gasteiger partial charge in [0.2, 0.25) is 0 Å². The highest BCUT2D eigenvalue weighted by Gasteiger charge is 2.05. The Kier molecular flexibility index (Phi) is 9.32. The Labute approximate surface area is 91.4 Å². The number of rotatable bonds is 8. The molecule has 0 radical (unpaired) electrons. The summed E-state index contributed by atoms with van der Waals surface area (Å²) in [4.78, 5) is 0. The highest BCUT2D eigenvalue weighted by Crippen LogP contribution is 2.11. The summed E-state index contributed by atoms with van der Waals surface area (Å²) in [5, 5.41) is 1.11. The van der Waals surface area contributed by atoms with Gasteiger partial charge in [-0.3, -0.25) is 0 Å². The molecule has 0 spiro atoms. The number of alkyl halides is 1. The van der Waals surface area contributed by atoms with E-state index in [0.29, 0.717) is 6.10 Å². The average Bonchev–Trinajstić information content (AvgIpc) is 2.13. The van der Waals surface area contributed by atoms with Crippen LogP contribution in [0.1, 0.15) is 46.5 Å². The first-order chi connectivity index (χ1) is 6.24. The first-order valence-electron chi connectivity index (χ1n) is 5.42. The van der Waals surface area contributed by atoms with Crippen molar-refractivity contribution < 1.29 is 4.74 Å². The van der Waals surface area contributed by atoms with Gasteiger partial charge in [0.05, 0.1) is 6.10 Å². The molecule has 0 aliphatic heterocycles. The molecule has 0 aliphatic rings. The van der Waals surface area contributed by atoms with Crippen LogP contribution in [0, 0.1) is 5.92 Å². The minimum atomic E-state index is 0.483. The lowest BCUT2D eigenvalue weighted by Crippen LogP contribution is -2.13. The van der Waals surface area contributed by atoms with Crippen LogP contribution in [0.15, 0.2) is 0 Å². The smallest absolute Gasteiger partial charge is 0.0569 e. The minimum absolute atomic E-state index is 0.483. The van der Waals surface area contributed by atoms with Crippen LogP contribution in [0.4, 0.5) is 0 Å². The fraction of sp³-hybridized carbons (Fsp3) is 1.00.